The molecule has 0 saturated carbocycles. The van der Waals surface area contributed by atoms with Gasteiger partial charge in [-0.15, -0.1) is 0 Å². The van der Waals surface area contributed by atoms with Crippen LogP contribution in [0.5, 0.6) is 0 Å². The van der Waals surface area contributed by atoms with Crippen LogP contribution in [0.25, 0.3) is 0 Å². The first-order valence-corrected chi connectivity index (χ1v) is 10.5. The van der Waals surface area contributed by atoms with Gasteiger partial charge in [0.05, 0.1) is 48.0 Å². The van der Waals surface area contributed by atoms with Crippen LogP contribution in [0.4, 0.5) is 5.82 Å². The number of hydrogen-bond acceptors (Lipinski definition) is 7. The molecule has 3 rings (SSSR count). The van der Waals surface area contributed by atoms with Gasteiger partial charge in [0, 0.05) is 26.1 Å². The molecule has 2 aliphatic heterocycles. The van der Waals surface area contributed by atoms with Crippen molar-refractivity contribution in [2.45, 2.75) is 36.0 Å². The molecule has 0 radical (unpaired) electrons. The van der Waals surface area contributed by atoms with Crippen LogP contribution in [0.2, 0.25) is 5.02 Å². The van der Waals surface area contributed by atoms with Crippen LogP contribution in [-0.4, -0.2) is 71.4 Å². The average Bonchev–Trinajstić information content (AvgIpc) is 3.03. The minimum atomic E-state index is -3.34. The van der Waals surface area contributed by atoms with Gasteiger partial charge in [0.2, 0.25) is 0 Å². The number of pyridine rings is 1. The Labute approximate surface area is 153 Å². The van der Waals surface area contributed by atoms with E-state index in [4.69, 9.17) is 25.8 Å². The van der Waals surface area contributed by atoms with E-state index in [9.17, 15) is 8.42 Å². The molecule has 0 bridgehead atoms. The maximum Gasteiger partial charge on any atom is 0.177 e. The fourth-order valence-electron chi connectivity index (χ4n) is 3.35. The van der Waals surface area contributed by atoms with Crippen molar-refractivity contribution >= 4 is 27.3 Å². The first-order chi connectivity index (χ1) is 11.9. The number of ether oxygens (including phenoxy) is 3. The predicted octanol–water partition coefficient (Wildman–Crippen LogP) is 1.54. The van der Waals surface area contributed by atoms with Gasteiger partial charge in [0.1, 0.15) is 5.82 Å². The normalized spacial score (nSPS) is 27.6. The lowest BCUT2D eigenvalue weighted by atomic mass is 10.1. The van der Waals surface area contributed by atoms with Crippen molar-refractivity contribution in [1.82, 2.24) is 4.98 Å². The third kappa shape index (κ3) is 4.25. The van der Waals surface area contributed by atoms with Crippen LogP contribution in [0.3, 0.4) is 0 Å². The summed E-state index contributed by atoms with van der Waals surface area (Å²) in [4.78, 5) is 6.51. The summed E-state index contributed by atoms with van der Waals surface area (Å²) >= 11 is 6.35. The molecule has 0 aliphatic carbocycles. The van der Waals surface area contributed by atoms with E-state index in [1.165, 1.54) is 12.3 Å². The average molecular weight is 391 g/mol. The molecule has 25 heavy (non-hydrogen) atoms. The zero-order chi connectivity index (χ0) is 18.0. The maximum absolute atomic E-state index is 11.7. The van der Waals surface area contributed by atoms with E-state index in [1.54, 1.807) is 7.11 Å². The first kappa shape index (κ1) is 18.8. The third-order valence-electron chi connectivity index (χ3n) is 4.58. The van der Waals surface area contributed by atoms with E-state index in [0.717, 1.165) is 19.1 Å². The highest BCUT2D eigenvalue weighted by atomic mass is 35.5. The molecule has 7 nitrogen and oxygen atoms in total. The van der Waals surface area contributed by atoms with Gasteiger partial charge in [0.25, 0.3) is 0 Å². The number of nitrogens with zero attached hydrogens (tertiary/aromatic N) is 2. The van der Waals surface area contributed by atoms with Gasteiger partial charge in [-0.25, -0.2) is 13.4 Å². The molecule has 3 atom stereocenters. The SMILES string of the molecule is COCC1CCC(C2COCCN2c2ncc(S(C)(=O)=O)cc2Cl)O1. The molecule has 2 aliphatic rings. The molecule has 1 aromatic rings. The molecule has 2 saturated heterocycles. The number of morpholine rings is 1. The molecule has 0 spiro atoms. The van der Waals surface area contributed by atoms with Crippen molar-refractivity contribution < 1.29 is 22.6 Å². The van der Waals surface area contributed by atoms with Gasteiger partial charge in [-0.2, -0.15) is 0 Å². The van der Waals surface area contributed by atoms with Crippen molar-refractivity contribution in [3.63, 3.8) is 0 Å². The van der Waals surface area contributed by atoms with Gasteiger partial charge in [-0.3, -0.25) is 0 Å². The first-order valence-electron chi connectivity index (χ1n) is 8.24. The van der Waals surface area contributed by atoms with E-state index in [1.807, 2.05) is 0 Å². The largest absolute Gasteiger partial charge is 0.382 e. The second-order valence-corrected chi connectivity index (χ2v) is 8.84. The summed E-state index contributed by atoms with van der Waals surface area (Å²) in [5.74, 6) is 0.571. The van der Waals surface area contributed by atoms with Crippen molar-refractivity contribution in [1.29, 1.82) is 0 Å². The molecule has 2 fully saturated rings. The second-order valence-electron chi connectivity index (χ2n) is 6.41. The van der Waals surface area contributed by atoms with Gasteiger partial charge in [-0.1, -0.05) is 11.6 Å². The summed E-state index contributed by atoms with van der Waals surface area (Å²) in [6.07, 6.45) is 4.45. The summed E-state index contributed by atoms with van der Waals surface area (Å²) in [5.41, 5.74) is 0. The molecular formula is C16H23ClN2O5S. The Bertz CT molecular complexity index is 714. The van der Waals surface area contributed by atoms with Crippen LogP contribution in [0.15, 0.2) is 17.2 Å². The summed E-state index contributed by atoms with van der Waals surface area (Å²) in [5, 5.41) is 0.321. The summed E-state index contributed by atoms with van der Waals surface area (Å²) in [7, 11) is -1.68. The van der Waals surface area contributed by atoms with Crippen molar-refractivity contribution in [2.75, 3.05) is 44.6 Å². The van der Waals surface area contributed by atoms with Gasteiger partial charge in [0.15, 0.2) is 9.84 Å². The molecule has 3 heterocycles. The lowest BCUT2D eigenvalue weighted by molar-refractivity contribution is -0.0333. The Hall–Kier alpha value is -0.930. The molecule has 140 valence electrons. The Morgan fingerprint density at radius 1 is 1.44 bits per heavy atom. The van der Waals surface area contributed by atoms with E-state index in [0.29, 0.717) is 37.2 Å². The van der Waals surface area contributed by atoms with Crippen molar-refractivity contribution in [2.24, 2.45) is 0 Å². The Morgan fingerprint density at radius 2 is 2.24 bits per heavy atom. The highest BCUT2D eigenvalue weighted by Gasteiger charge is 2.38. The fourth-order valence-corrected chi connectivity index (χ4v) is 4.26. The minimum absolute atomic E-state index is 0.00732. The van der Waals surface area contributed by atoms with Gasteiger partial charge in [-0.05, 0) is 18.9 Å². The zero-order valence-electron chi connectivity index (χ0n) is 14.4. The number of anilines is 1. The van der Waals surface area contributed by atoms with Gasteiger partial charge < -0.3 is 19.1 Å². The molecular weight excluding hydrogens is 368 g/mol. The lowest BCUT2D eigenvalue weighted by Crippen LogP contribution is -2.52. The number of methoxy groups -OCH3 is 1. The molecule has 0 N–H and O–H groups in total. The number of halogens is 1. The topological polar surface area (TPSA) is 78.0 Å². The number of rotatable bonds is 5. The highest BCUT2D eigenvalue weighted by molar-refractivity contribution is 7.90. The van der Waals surface area contributed by atoms with E-state index >= 15 is 0 Å². The molecule has 1 aromatic heterocycles. The number of aromatic nitrogens is 1. The quantitative estimate of drug-likeness (QED) is 0.754. The van der Waals surface area contributed by atoms with Crippen LogP contribution in [0.1, 0.15) is 12.8 Å². The summed E-state index contributed by atoms with van der Waals surface area (Å²) in [6, 6.07) is 1.44. The van der Waals surface area contributed by atoms with E-state index < -0.39 is 9.84 Å². The number of hydrogen-bond donors (Lipinski definition) is 0. The van der Waals surface area contributed by atoms with Crippen LogP contribution >= 0.6 is 11.6 Å². The highest BCUT2D eigenvalue weighted by Crippen LogP contribution is 2.33. The predicted molar refractivity (Wildman–Crippen MR) is 94.1 cm³/mol. The Kier molecular flexibility index (Phi) is 5.85. The molecule has 0 amide bonds. The second kappa shape index (κ2) is 7.75. The summed E-state index contributed by atoms with van der Waals surface area (Å²) in [6.45, 7) is 2.29. The van der Waals surface area contributed by atoms with E-state index in [-0.39, 0.29) is 23.1 Å². The van der Waals surface area contributed by atoms with Crippen LogP contribution in [-0.2, 0) is 24.0 Å². The smallest absolute Gasteiger partial charge is 0.177 e. The van der Waals surface area contributed by atoms with Crippen LogP contribution in [0, 0.1) is 0 Å². The molecule has 0 aromatic carbocycles. The fraction of sp³-hybridized carbons (Fsp3) is 0.688. The number of sulfone groups is 1. The lowest BCUT2D eigenvalue weighted by Gasteiger charge is -2.39. The maximum atomic E-state index is 11.7. The summed E-state index contributed by atoms with van der Waals surface area (Å²) < 4.78 is 40.3. The van der Waals surface area contributed by atoms with Crippen molar-refractivity contribution in [3.05, 3.63) is 17.3 Å². The van der Waals surface area contributed by atoms with Gasteiger partial charge >= 0.3 is 0 Å². The monoisotopic (exact) mass is 390 g/mol. The molecule has 3 unspecified atom stereocenters. The Morgan fingerprint density at radius 3 is 2.92 bits per heavy atom. The Balaban J connectivity index is 1.82. The zero-order valence-corrected chi connectivity index (χ0v) is 15.9. The van der Waals surface area contributed by atoms with E-state index in [2.05, 4.69) is 9.88 Å². The minimum Gasteiger partial charge on any atom is -0.382 e. The standard InChI is InChI=1S/C16H23ClN2O5S/c1-22-9-11-3-4-15(24-11)14-10-23-6-5-19(14)16-13(17)7-12(8-18-16)25(2,20)21/h7-8,11,14-15H,3-6,9-10H2,1-2H3. The molecule has 9 heteroatoms. The van der Waals surface area contributed by atoms with Crippen LogP contribution < -0.4 is 4.90 Å². The third-order valence-corrected chi connectivity index (χ3v) is 5.94. The van der Waals surface area contributed by atoms with Crippen molar-refractivity contribution in [3.8, 4) is 0 Å².